The summed E-state index contributed by atoms with van der Waals surface area (Å²) >= 11 is 0. The number of anilines is 2. The molecule has 0 bridgehead atoms. The first-order valence-corrected chi connectivity index (χ1v) is 10.6. The highest BCUT2D eigenvalue weighted by molar-refractivity contribution is 7.92. The van der Waals surface area contributed by atoms with Crippen LogP contribution in [0.1, 0.15) is 18.9 Å². The molecule has 2 aromatic rings. The van der Waals surface area contributed by atoms with E-state index in [1.165, 1.54) is 30.3 Å². The summed E-state index contributed by atoms with van der Waals surface area (Å²) in [4.78, 5) is 33.7. The van der Waals surface area contributed by atoms with Crippen LogP contribution in [0, 0.1) is 27.2 Å². The summed E-state index contributed by atoms with van der Waals surface area (Å²) in [5.74, 6) is -0.727. The number of hydrogen-bond donors (Lipinski definition) is 1. The Bertz CT molecular complexity index is 1100. The van der Waals surface area contributed by atoms with Crippen LogP contribution in [0.2, 0.25) is 0 Å². The molecule has 0 aliphatic rings. The predicted octanol–water partition coefficient (Wildman–Crippen LogP) is 2.99. The Balaban J connectivity index is 2.49. The van der Waals surface area contributed by atoms with Crippen LogP contribution < -0.4 is 9.62 Å². The van der Waals surface area contributed by atoms with Gasteiger partial charge >= 0.3 is 0 Å². The van der Waals surface area contributed by atoms with Gasteiger partial charge in [0.15, 0.2) is 0 Å². The third-order valence-electron chi connectivity index (χ3n) is 4.30. The molecule has 30 heavy (non-hydrogen) atoms. The molecule has 0 aliphatic carbocycles. The maximum Gasteiger partial charge on any atom is 0.271 e. The molecule has 1 N–H and O–H groups in total. The lowest BCUT2D eigenvalue weighted by Gasteiger charge is -2.31. The number of carbonyl (C=O) groups excluding carboxylic acids is 1. The van der Waals surface area contributed by atoms with Gasteiger partial charge in [0.05, 0.1) is 21.8 Å². The summed E-state index contributed by atoms with van der Waals surface area (Å²) in [6.45, 7) is 3.16. The number of hydrogen-bond acceptors (Lipinski definition) is 7. The Morgan fingerprint density at radius 1 is 1.10 bits per heavy atom. The molecule has 11 nitrogen and oxygen atoms in total. The van der Waals surface area contributed by atoms with Gasteiger partial charge in [0.2, 0.25) is 15.9 Å². The fraction of sp³-hybridized carbons (Fsp3) is 0.278. The number of nitro benzene ring substituents is 2. The van der Waals surface area contributed by atoms with Crippen molar-refractivity contribution >= 4 is 38.7 Å². The van der Waals surface area contributed by atoms with E-state index in [4.69, 9.17) is 0 Å². The van der Waals surface area contributed by atoms with E-state index in [0.717, 1.165) is 22.7 Å². The van der Waals surface area contributed by atoms with E-state index >= 15 is 0 Å². The van der Waals surface area contributed by atoms with Crippen molar-refractivity contribution in [2.24, 2.45) is 0 Å². The fourth-order valence-corrected chi connectivity index (χ4v) is 4.17. The van der Waals surface area contributed by atoms with Crippen LogP contribution in [0.15, 0.2) is 42.5 Å². The lowest BCUT2D eigenvalue weighted by Crippen LogP contribution is -2.47. The predicted molar refractivity (Wildman–Crippen MR) is 111 cm³/mol. The van der Waals surface area contributed by atoms with Crippen molar-refractivity contribution in [2.45, 2.75) is 26.3 Å². The van der Waals surface area contributed by atoms with Crippen LogP contribution >= 0.6 is 0 Å². The Morgan fingerprint density at radius 3 is 2.23 bits per heavy atom. The normalized spacial score (nSPS) is 12.1. The molecule has 0 saturated heterocycles. The summed E-state index contributed by atoms with van der Waals surface area (Å²) in [7, 11) is -4.01. The second-order valence-corrected chi connectivity index (χ2v) is 8.37. The third-order valence-corrected chi connectivity index (χ3v) is 5.46. The molecule has 0 aromatic heterocycles. The van der Waals surface area contributed by atoms with Gasteiger partial charge in [0.1, 0.15) is 6.04 Å². The minimum absolute atomic E-state index is 0.00717. The summed E-state index contributed by atoms with van der Waals surface area (Å²) in [6, 6.07) is 7.71. The number of non-ortho nitro benzene ring substituents is 2. The molecular weight excluding hydrogens is 416 g/mol. The van der Waals surface area contributed by atoms with Gasteiger partial charge in [0, 0.05) is 30.0 Å². The number of rotatable bonds is 8. The maximum absolute atomic E-state index is 12.9. The monoisotopic (exact) mass is 436 g/mol. The van der Waals surface area contributed by atoms with E-state index < -0.39 is 31.8 Å². The number of nitro groups is 2. The average Bonchev–Trinajstić information content (AvgIpc) is 2.65. The van der Waals surface area contributed by atoms with Gasteiger partial charge < -0.3 is 5.32 Å². The first-order valence-electron chi connectivity index (χ1n) is 8.75. The van der Waals surface area contributed by atoms with E-state index in [0.29, 0.717) is 5.56 Å². The molecule has 0 radical (unpaired) electrons. The zero-order chi connectivity index (χ0) is 22.6. The summed E-state index contributed by atoms with van der Waals surface area (Å²) in [5.41, 5.74) is -0.00854. The molecule has 0 aliphatic heterocycles. The van der Waals surface area contributed by atoms with Gasteiger partial charge in [-0.2, -0.15) is 0 Å². The largest absolute Gasteiger partial charge is 0.324 e. The summed E-state index contributed by atoms with van der Waals surface area (Å²) in [6.07, 6.45) is 0.949. The second kappa shape index (κ2) is 8.86. The lowest BCUT2D eigenvalue weighted by molar-refractivity contribution is -0.385. The molecule has 1 atom stereocenters. The molecule has 0 saturated carbocycles. The van der Waals surface area contributed by atoms with Gasteiger partial charge in [-0.05, 0) is 25.0 Å². The maximum atomic E-state index is 12.9. The van der Waals surface area contributed by atoms with Crippen molar-refractivity contribution in [1.29, 1.82) is 0 Å². The van der Waals surface area contributed by atoms with Crippen LogP contribution in [0.4, 0.5) is 22.7 Å². The third kappa shape index (κ3) is 5.08. The van der Waals surface area contributed by atoms with Gasteiger partial charge in [-0.3, -0.25) is 29.3 Å². The van der Waals surface area contributed by atoms with Crippen molar-refractivity contribution in [1.82, 2.24) is 0 Å². The molecule has 1 amide bonds. The second-order valence-electron chi connectivity index (χ2n) is 6.51. The van der Waals surface area contributed by atoms with E-state index in [1.54, 1.807) is 13.8 Å². The molecular formula is C18H20N4O7S. The molecule has 2 aromatic carbocycles. The van der Waals surface area contributed by atoms with Gasteiger partial charge in [0.25, 0.3) is 11.4 Å². The molecule has 12 heteroatoms. The highest BCUT2D eigenvalue weighted by Gasteiger charge is 2.33. The quantitative estimate of drug-likeness (QED) is 0.493. The fourth-order valence-electron chi connectivity index (χ4n) is 2.91. The number of benzene rings is 2. The summed E-state index contributed by atoms with van der Waals surface area (Å²) < 4.78 is 25.9. The van der Waals surface area contributed by atoms with Crippen molar-refractivity contribution in [3.63, 3.8) is 0 Å². The Labute approximate surface area is 172 Å². The zero-order valence-corrected chi connectivity index (χ0v) is 17.3. The Kier molecular flexibility index (Phi) is 6.72. The molecule has 2 rings (SSSR count). The zero-order valence-electron chi connectivity index (χ0n) is 16.4. The van der Waals surface area contributed by atoms with Crippen molar-refractivity contribution in [3.05, 3.63) is 68.3 Å². The molecule has 0 fully saturated rings. The Morgan fingerprint density at radius 2 is 1.70 bits per heavy atom. The van der Waals surface area contributed by atoms with Crippen LogP contribution in [-0.2, 0) is 14.8 Å². The van der Waals surface area contributed by atoms with Crippen molar-refractivity contribution in [2.75, 3.05) is 15.9 Å². The van der Waals surface area contributed by atoms with E-state index in [-0.39, 0.29) is 29.2 Å². The van der Waals surface area contributed by atoms with Gasteiger partial charge in [-0.15, -0.1) is 0 Å². The van der Waals surface area contributed by atoms with Crippen LogP contribution in [0.5, 0.6) is 0 Å². The number of sulfonamides is 1. The topological polar surface area (TPSA) is 153 Å². The van der Waals surface area contributed by atoms with E-state index in [2.05, 4.69) is 5.32 Å². The minimum Gasteiger partial charge on any atom is -0.324 e. The van der Waals surface area contributed by atoms with Crippen LogP contribution in [0.25, 0.3) is 0 Å². The first-order chi connectivity index (χ1) is 14.0. The molecule has 160 valence electrons. The Hall–Kier alpha value is -3.54. The highest BCUT2D eigenvalue weighted by atomic mass is 32.2. The smallest absolute Gasteiger partial charge is 0.271 e. The van der Waals surface area contributed by atoms with E-state index in [9.17, 15) is 33.4 Å². The van der Waals surface area contributed by atoms with Crippen LogP contribution in [-0.4, -0.2) is 36.5 Å². The molecule has 0 spiro atoms. The van der Waals surface area contributed by atoms with Gasteiger partial charge in [-0.1, -0.05) is 19.1 Å². The lowest BCUT2D eigenvalue weighted by atomic mass is 10.1. The minimum atomic E-state index is -4.01. The van der Waals surface area contributed by atoms with Crippen molar-refractivity contribution < 1.29 is 23.1 Å². The number of nitrogens with one attached hydrogen (secondary N) is 1. The number of aryl methyl sites for hydroxylation is 1. The van der Waals surface area contributed by atoms with Gasteiger partial charge in [-0.25, -0.2) is 8.42 Å². The van der Waals surface area contributed by atoms with E-state index in [1.807, 2.05) is 0 Å². The molecule has 1 unspecified atom stereocenters. The SMILES string of the molecule is CCC(C(=O)Nc1cccc([N+](=O)[O-])c1)N(c1cc([N+](=O)[O-])ccc1C)S(C)(=O)=O. The average molecular weight is 436 g/mol. The highest BCUT2D eigenvalue weighted by Crippen LogP contribution is 2.30. The summed E-state index contributed by atoms with van der Waals surface area (Å²) in [5, 5.41) is 24.6. The van der Waals surface area contributed by atoms with Crippen LogP contribution in [0.3, 0.4) is 0 Å². The number of carbonyl (C=O) groups is 1. The van der Waals surface area contributed by atoms with Crippen molar-refractivity contribution in [3.8, 4) is 0 Å². The molecule has 0 heterocycles. The number of nitrogens with zero attached hydrogens (tertiary/aromatic N) is 3. The standard InChI is InChI=1S/C18H20N4O7S/c1-4-16(18(23)19-13-6-5-7-14(10-13)21(24)25)20(30(3,28)29)17-11-15(22(26)27)9-8-12(17)2/h5-11,16H,4H2,1-3H3,(H,19,23). The number of amides is 1. The first kappa shape index (κ1) is 22.7.